The van der Waals surface area contributed by atoms with Crippen molar-refractivity contribution in [2.45, 2.75) is 39.2 Å². The summed E-state index contributed by atoms with van der Waals surface area (Å²) in [5, 5.41) is 1.95. The van der Waals surface area contributed by atoms with Crippen LogP contribution in [0.3, 0.4) is 0 Å². The van der Waals surface area contributed by atoms with Gasteiger partial charge in [0.15, 0.2) is 0 Å². The van der Waals surface area contributed by atoms with Crippen LogP contribution in [0.25, 0.3) is 21.8 Å². The van der Waals surface area contributed by atoms with E-state index >= 15 is 0 Å². The van der Waals surface area contributed by atoms with Crippen LogP contribution in [0.1, 0.15) is 44.0 Å². The number of ether oxygens (including phenoxy) is 1. The van der Waals surface area contributed by atoms with Gasteiger partial charge in [0.25, 0.3) is 5.91 Å². The molecule has 32 heavy (non-hydrogen) atoms. The number of H-pyrrole nitrogens is 1. The molecule has 0 aliphatic carbocycles. The minimum absolute atomic E-state index is 0.0393. The zero-order valence-corrected chi connectivity index (χ0v) is 18.8. The van der Waals surface area contributed by atoms with E-state index in [2.05, 4.69) is 9.88 Å². The maximum Gasteiger partial charge on any atom is 0.410 e. The highest BCUT2D eigenvalue weighted by Gasteiger charge is 2.49. The molecule has 1 aromatic carbocycles. The quantitative estimate of drug-likeness (QED) is 0.639. The number of nitrogens with two attached hydrogens (primary N) is 1. The molecule has 0 atom stereocenters. The van der Waals surface area contributed by atoms with E-state index in [1.807, 2.05) is 45.0 Å². The standard InChI is InChI=1S/C24H29N5O3/c1-23(2,3)32-22(31)29-13-24(14-29)9-6-10-28(12-24)21-18-15-7-4-5-8-17(15)27-19(18)16(11-26-21)20(25)30/h4-5,7-8,11,27H,6,9-10,12-14H2,1-3H3,(H2,25,30). The van der Waals surface area contributed by atoms with Crippen LogP contribution < -0.4 is 10.6 Å². The lowest BCUT2D eigenvalue weighted by Gasteiger charge is -2.54. The van der Waals surface area contributed by atoms with Crippen molar-refractivity contribution in [2.24, 2.45) is 11.1 Å². The number of nitrogens with zero attached hydrogens (tertiary/aromatic N) is 3. The van der Waals surface area contributed by atoms with Crippen LogP contribution in [0.4, 0.5) is 10.6 Å². The van der Waals surface area contributed by atoms with Gasteiger partial charge < -0.3 is 25.3 Å². The summed E-state index contributed by atoms with van der Waals surface area (Å²) in [6.07, 6.45) is 3.41. The minimum atomic E-state index is -0.497. The molecule has 2 aliphatic heterocycles. The Morgan fingerprint density at radius 1 is 1.19 bits per heavy atom. The number of amides is 2. The molecule has 2 aromatic heterocycles. The molecule has 2 fully saturated rings. The van der Waals surface area contributed by atoms with Crippen LogP contribution in [0.2, 0.25) is 0 Å². The van der Waals surface area contributed by atoms with Crippen molar-refractivity contribution in [2.75, 3.05) is 31.1 Å². The van der Waals surface area contributed by atoms with E-state index in [0.29, 0.717) is 18.7 Å². The molecule has 2 amide bonds. The number of anilines is 1. The fourth-order valence-corrected chi connectivity index (χ4v) is 5.12. The van der Waals surface area contributed by atoms with Gasteiger partial charge in [0.05, 0.1) is 16.5 Å². The zero-order valence-electron chi connectivity index (χ0n) is 18.8. The van der Waals surface area contributed by atoms with E-state index in [1.165, 1.54) is 0 Å². The number of likely N-dealkylation sites (tertiary alicyclic amines) is 1. The highest BCUT2D eigenvalue weighted by molar-refractivity contribution is 6.18. The summed E-state index contributed by atoms with van der Waals surface area (Å²) in [6, 6.07) is 7.98. The SMILES string of the molecule is CC(C)(C)OC(=O)N1CC2(CCCN(c3ncc(C(N)=O)c4[nH]c5ccccc5c34)C2)C1. The predicted octanol–water partition coefficient (Wildman–Crippen LogP) is 3.65. The largest absolute Gasteiger partial charge is 0.444 e. The van der Waals surface area contributed by atoms with Crippen molar-refractivity contribution in [3.05, 3.63) is 36.0 Å². The first kappa shape index (κ1) is 20.6. The molecule has 8 nitrogen and oxygen atoms in total. The molecule has 3 aromatic rings. The van der Waals surface area contributed by atoms with Crippen LogP contribution >= 0.6 is 0 Å². The summed E-state index contributed by atoms with van der Waals surface area (Å²) in [7, 11) is 0. The van der Waals surface area contributed by atoms with Crippen LogP contribution in [-0.2, 0) is 4.74 Å². The van der Waals surface area contributed by atoms with Crippen LogP contribution in [0, 0.1) is 5.41 Å². The molecule has 0 bridgehead atoms. The highest BCUT2D eigenvalue weighted by Crippen LogP contribution is 2.43. The third-order valence-electron chi connectivity index (χ3n) is 6.45. The number of fused-ring (bicyclic) bond motifs is 3. The van der Waals surface area contributed by atoms with Crippen molar-refractivity contribution in [1.29, 1.82) is 0 Å². The smallest absolute Gasteiger partial charge is 0.410 e. The first-order chi connectivity index (χ1) is 15.2. The highest BCUT2D eigenvalue weighted by atomic mass is 16.6. The van der Waals surface area contributed by atoms with E-state index in [4.69, 9.17) is 15.5 Å². The topological polar surface area (TPSA) is 105 Å². The maximum absolute atomic E-state index is 12.4. The fourth-order valence-electron chi connectivity index (χ4n) is 5.12. The number of hydrogen-bond donors (Lipinski definition) is 2. The van der Waals surface area contributed by atoms with Crippen molar-refractivity contribution >= 4 is 39.6 Å². The van der Waals surface area contributed by atoms with Gasteiger partial charge in [-0.15, -0.1) is 0 Å². The van der Waals surface area contributed by atoms with Crippen molar-refractivity contribution < 1.29 is 14.3 Å². The molecule has 1 spiro atoms. The Labute approximate surface area is 186 Å². The molecule has 0 saturated carbocycles. The number of aromatic nitrogens is 2. The first-order valence-electron chi connectivity index (χ1n) is 11.1. The maximum atomic E-state index is 12.4. The molecule has 8 heteroatoms. The Morgan fingerprint density at radius 2 is 1.94 bits per heavy atom. The monoisotopic (exact) mass is 435 g/mol. The molecule has 5 rings (SSSR count). The Bertz CT molecular complexity index is 1220. The van der Waals surface area contributed by atoms with Crippen LogP contribution in [0.5, 0.6) is 0 Å². The summed E-state index contributed by atoms with van der Waals surface area (Å²) in [6.45, 7) is 8.73. The van der Waals surface area contributed by atoms with E-state index in [1.54, 1.807) is 11.1 Å². The average molecular weight is 436 g/mol. The number of rotatable bonds is 2. The number of piperidine rings is 1. The summed E-state index contributed by atoms with van der Waals surface area (Å²) in [5.74, 6) is 0.361. The van der Waals surface area contributed by atoms with Gasteiger partial charge in [0.1, 0.15) is 11.4 Å². The van der Waals surface area contributed by atoms with Gasteiger partial charge in [0, 0.05) is 48.7 Å². The number of primary amides is 1. The van der Waals surface area contributed by atoms with E-state index in [-0.39, 0.29) is 11.5 Å². The van der Waals surface area contributed by atoms with E-state index < -0.39 is 11.5 Å². The fraction of sp³-hybridized carbons (Fsp3) is 0.458. The van der Waals surface area contributed by atoms with Gasteiger partial charge in [-0.3, -0.25) is 4.79 Å². The predicted molar refractivity (Wildman–Crippen MR) is 124 cm³/mol. The lowest BCUT2D eigenvalue weighted by Crippen LogP contribution is -2.64. The van der Waals surface area contributed by atoms with Gasteiger partial charge in [-0.2, -0.15) is 0 Å². The summed E-state index contributed by atoms with van der Waals surface area (Å²) >= 11 is 0. The summed E-state index contributed by atoms with van der Waals surface area (Å²) < 4.78 is 5.53. The molecule has 0 radical (unpaired) electrons. The molecule has 3 N–H and O–H groups in total. The van der Waals surface area contributed by atoms with Gasteiger partial charge in [0.2, 0.25) is 0 Å². The Morgan fingerprint density at radius 3 is 2.66 bits per heavy atom. The van der Waals surface area contributed by atoms with Crippen molar-refractivity contribution in [3.8, 4) is 0 Å². The number of para-hydroxylation sites is 1. The number of nitrogens with one attached hydrogen (secondary N) is 1. The first-order valence-corrected chi connectivity index (χ1v) is 11.1. The number of carbonyl (C=O) groups excluding carboxylic acids is 2. The number of hydrogen-bond acceptors (Lipinski definition) is 5. The Balaban J connectivity index is 1.46. The number of aromatic amines is 1. The van der Waals surface area contributed by atoms with Crippen molar-refractivity contribution in [1.82, 2.24) is 14.9 Å². The lowest BCUT2D eigenvalue weighted by atomic mass is 9.73. The minimum Gasteiger partial charge on any atom is -0.444 e. The Kier molecular flexibility index (Phi) is 4.58. The number of pyridine rings is 1. The van der Waals surface area contributed by atoms with E-state index in [0.717, 1.165) is 53.6 Å². The Hall–Kier alpha value is -3.29. The lowest BCUT2D eigenvalue weighted by molar-refractivity contribution is -0.0390. The van der Waals surface area contributed by atoms with E-state index in [9.17, 15) is 9.59 Å². The second-order valence-corrected chi connectivity index (χ2v) is 10.1. The van der Waals surface area contributed by atoms with Gasteiger partial charge in [-0.25, -0.2) is 9.78 Å². The zero-order chi connectivity index (χ0) is 22.7. The number of carbonyl (C=O) groups is 2. The number of benzene rings is 1. The molecule has 2 saturated heterocycles. The second kappa shape index (κ2) is 7.12. The van der Waals surface area contributed by atoms with Crippen molar-refractivity contribution in [3.63, 3.8) is 0 Å². The van der Waals surface area contributed by atoms with Gasteiger partial charge in [-0.05, 0) is 39.7 Å². The summed E-state index contributed by atoms with van der Waals surface area (Å²) in [4.78, 5) is 36.6. The molecule has 2 aliphatic rings. The normalized spacial score (nSPS) is 18.2. The van der Waals surface area contributed by atoms with Gasteiger partial charge >= 0.3 is 6.09 Å². The van der Waals surface area contributed by atoms with Crippen LogP contribution in [0.15, 0.2) is 30.5 Å². The third kappa shape index (κ3) is 3.43. The average Bonchev–Trinajstić information content (AvgIpc) is 3.09. The van der Waals surface area contributed by atoms with Crippen LogP contribution in [-0.4, -0.2) is 58.6 Å². The molecule has 4 heterocycles. The molecular weight excluding hydrogens is 406 g/mol. The molecule has 0 unspecified atom stereocenters. The molecule has 168 valence electrons. The second-order valence-electron chi connectivity index (χ2n) is 10.1. The summed E-state index contributed by atoms with van der Waals surface area (Å²) in [5.41, 5.74) is 7.25. The van der Waals surface area contributed by atoms with Gasteiger partial charge in [-0.1, -0.05) is 18.2 Å². The third-order valence-corrected chi connectivity index (χ3v) is 6.45. The molecular formula is C24H29N5O3.